The van der Waals surface area contributed by atoms with Crippen LogP contribution in [0.3, 0.4) is 0 Å². The molecule has 2 heterocycles. The van der Waals surface area contributed by atoms with Crippen molar-refractivity contribution >= 4 is 23.4 Å². The van der Waals surface area contributed by atoms with Crippen molar-refractivity contribution < 1.29 is 22.8 Å². The van der Waals surface area contributed by atoms with Gasteiger partial charge in [0.05, 0.1) is 10.6 Å². The highest BCUT2D eigenvalue weighted by Crippen LogP contribution is 2.51. The van der Waals surface area contributed by atoms with Crippen LogP contribution in [0.1, 0.15) is 67.8 Å². The van der Waals surface area contributed by atoms with E-state index in [1.807, 2.05) is 0 Å². The molecular weight excluding hydrogens is 417 g/mol. The zero-order valence-electron chi connectivity index (χ0n) is 16.9. The molecule has 0 unspecified atom stereocenters. The average molecular weight is 443 g/mol. The predicted molar refractivity (Wildman–Crippen MR) is 107 cm³/mol. The van der Waals surface area contributed by atoms with E-state index in [-0.39, 0.29) is 29.0 Å². The summed E-state index contributed by atoms with van der Waals surface area (Å²) in [6.07, 6.45) is 1.30. The van der Waals surface area contributed by atoms with Crippen LogP contribution in [0.4, 0.5) is 13.2 Å². The largest absolute Gasteiger partial charge is 0.417 e. The van der Waals surface area contributed by atoms with Crippen LogP contribution in [-0.4, -0.2) is 34.8 Å². The Morgan fingerprint density at radius 3 is 2.73 bits per heavy atom. The molecule has 1 spiro atoms. The van der Waals surface area contributed by atoms with Crippen molar-refractivity contribution in [1.82, 2.24) is 10.2 Å². The molecule has 0 radical (unpaired) electrons. The highest BCUT2D eigenvalue weighted by Gasteiger charge is 2.55. The molecule has 2 amide bonds. The number of carbonyl (C=O) groups is 2. The van der Waals surface area contributed by atoms with Crippen molar-refractivity contribution in [2.24, 2.45) is 11.8 Å². The minimum Gasteiger partial charge on any atom is -0.349 e. The van der Waals surface area contributed by atoms with E-state index < -0.39 is 22.7 Å². The van der Waals surface area contributed by atoms with Gasteiger partial charge in [0.25, 0.3) is 5.91 Å². The van der Waals surface area contributed by atoms with Gasteiger partial charge >= 0.3 is 6.18 Å². The fourth-order valence-corrected chi connectivity index (χ4v) is 6.25. The van der Waals surface area contributed by atoms with Gasteiger partial charge in [0, 0.05) is 30.1 Å². The highest BCUT2D eigenvalue weighted by molar-refractivity contribution is 6.31. The number of alkyl halides is 3. The Bertz CT molecular complexity index is 859. The van der Waals surface area contributed by atoms with Gasteiger partial charge in [-0.05, 0) is 68.6 Å². The van der Waals surface area contributed by atoms with E-state index in [2.05, 4.69) is 17.1 Å². The number of halogens is 4. The van der Waals surface area contributed by atoms with Crippen LogP contribution in [0.15, 0.2) is 18.2 Å². The fraction of sp³-hybridized carbons (Fsp3) is 0.636. The second kappa shape index (κ2) is 7.74. The summed E-state index contributed by atoms with van der Waals surface area (Å²) in [5, 5.41) is 2.55. The number of hydrogen-bond donors (Lipinski definition) is 1. The Balaban J connectivity index is 1.53. The second-order valence-electron chi connectivity index (χ2n) is 8.92. The van der Waals surface area contributed by atoms with E-state index in [0.29, 0.717) is 18.8 Å². The molecular formula is C22H26ClF3N2O2. The number of nitrogens with zero attached hydrogens (tertiary/aromatic N) is 1. The third-order valence-corrected chi connectivity index (χ3v) is 7.76. The van der Waals surface area contributed by atoms with Crippen LogP contribution in [0.25, 0.3) is 0 Å². The first-order valence-electron chi connectivity index (χ1n) is 10.6. The predicted octanol–water partition coefficient (Wildman–Crippen LogP) is 5.05. The SMILES string of the molecule is C[C@H]1[C@H](NC(=O)c2ccc(Cl)c(C(F)(F)F)c2)CC[C@@]23CCCN2C(=O)CCC[C@@H]13. The lowest BCUT2D eigenvalue weighted by Crippen LogP contribution is -2.59. The Labute approximate surface area is 179 Å². The van der Waals surface area contributed by atoms with E-state index >= 15 is 0 Å². The van der Waals surface area contributed by atoms with Crippen molar-refractivity contribution in [1.29, 1.82) is 0 Å². The smallest absolute Gasteiger partial charge is 0.349 e. The van der Waals surface area contributed by atoms with Gasteiger partial charge in [0.2, 0.25) is 5.91 Å². The monoisotopic (exact) mass is 442 g/mol. The Morgan fingerprint density at radius 1 is 1.23 bits per heavy atom. The van der Waals surface area contributed by atoms with Crippen LogP contribution in [0.2, 0.25) is 5.02 Å². The number of nitrogens with one attached hydrogen (secondary N) is 1. The Hall–Kier alpha value is -1.76. The van der Waals surface area contributed by atoms with Crippen molar-refractivity contribution in [3.8, 4) is 0 Å². The minimum atomic E-state index is -4.61. The summed E-state index contributed by atoms with van der Waals surface area (Å²) < 4.78 is 39.4. The molecule has 8 heteroatoms. The first-order chi connectivity index (χ1) is 14.1. The Kier molecular flexibility index (Phi) is 5.54. The number of benzene rings is 1. The summed E-state index contributed by atoms with van der Waals surface area (Å²) in [5.74, 6) is 0.161. The van der Waals surface area contributed by atoms with E-state index in [0.717, 1.165) is 50.8 Å². The molecule has 1 aromatic rings. The summed E-state index contributed by atoms with van der Waals surface area (Å²) in [6.45, 7) is 2.91. The van der Waals surface area contributed by atoms with E-state index in [1.54, 1.807) is 0 Å². The molecule has 4 nitrogen and oxygen atoms in total. The number of rotatable bonds is 2. The summed E-state index contributed by atoms with van der Waals surface area (Å²) in [4.78, 5) is 27.5. The van der Waals surface area contributed by atoms with Gasteiger partial charge in [0.15, 0.2) is 0 Å². The lowest BCUT2D eigenvalue weighted by molar-refractivity contribution is -0.138. The lowest BCUT2D eigenvalue weighted by atomic mass is 9.63. The standard InChI is InChI=1S/C22H26ClF3N2O2/c1-13-15-4-2-5-19(29)28-11-3-9-21(15,28)10-8-18(13)27-20(30)14-6-7-17(23)16(12-14)22(24,25)26/h6-7,12-13,15,18H,2-5,8-11H2,1H3,(H,27,30)/t13-,15+,18-,21-/m1/s1. The molecule has 4 rings (SSSR count). The molecule has 1 saturated carbocycles. The first-order valence-corrected chi connectivity index (χ1v) is 11.0. The molecule has 2 saturated heterocycles. The number of amides is 2. The topological polar surface area (TPSA) is 49.4 Å². The van der Waals surface area contributed by atoms with Crippen molar-refractivity contribution in [3.63, 3.8) is 0 Å². The van der Waals surface area contributed by atoms with Crippen molar-refractivity contribution in [2.45, 2.75) is 69.6 Å². The number of carbonyl (C=O) groups excluding carboxylic acids is 2. The Morgan fingerprint density at radius 2 is 2.00 bits per heavy atom. The molecule has 1 aliphatic carbocycles. The molecule has 1 aromatic carbocycles. The molecule has 2 aliphatic heterocycles. The van der Waals surface area contributed by atoms with Crippen LogP contribution in [0.5, 0.6) is 0 Å². The molecule has 4 atom stereocenters. The van der Waals surface area contributed by atoms with Crippen LogP contribution in [-0.2, 0) is 11.0 Å². The third kappa shape index (κ3) is 3.59. The van der Waals surface area contributed by atoms with Crippen LogP contribution in [0, 0.1) is 11.8 Å². The van der Waals surface area contributed by atoms with Gasteiger partial charge in [0.1, 0.15) is 0 Å². The molecule has 30 heavy (non-hydrogen) atoms. The molecule has 1 N–H and O–H groups in total. The highest BCUT2D eigenvalue weighted by atomic mass is 35.5. The van der Waals surface area contributed by atoms with E-state index in [9.17, 15) is 22.8 Å². The molecule has 164 valence electrons. The van der Waals surface area contributed by atoms with Gasteiger partial charge < -0.3 is 10.2 Å². The zero-order chi connectivity index (χ0) is 21.7. The van der Waals surface area contributed by atoms with Gasteiger partial charge in [-0.25, -0.2) is 0 Å². The maximum atomic E-state index is 13.1. The van der Waals surface area contributed by atoms with Gasteiger partial charge in [-0.2, -0.15) is 13.2 Å². The zero-order valence-corrected chi connectivity index (χ0v) is 17.7. The van der Waals surface area contributed by atoms with Gasteiger partial charge in [-0.3, -0.25) is 9.59 Å². The minimum absolute atomic E-state index is 0.0438. The summed E-state index contributed by atoms with van der Waals surface area (Å²) in [7, 11) is 0. The average Bonchev–Trinajstić information content (AvgIpc) is 3.04. The van der Waals surface area contributed by atoms with E-state index in [4.69, 9.17) is 11.6 Å². The summed E-state index contributed by atoms with van der Waals surface area (Å²) in [5.41, 5.74) is -1.16. The quantitative estimate of drug-likeness (QED) is 0.696. The number of hydrogen-bond acceptors (Lipinski definition) is 2. The third-order valence-electron chi connectivity index (χ3n) is 7.43. The second-order valence-corrected chi connectivity index (χ2v) is 9.33. The molecule has 0 bridgehead atoms. The molecule has 0 aromatic heterocycles. The fourth-order valence-electron chi connectivity index (χ4n) is 6.02. The van der Waals surface area contributed by atoms with E-state index in [1.165, 1.54) is 6.07 Å². The summed E-state index contributed by atoms with van der Waals surface area (Å²) >= 11 is 5.67. The van der Waals surface area contributed by atoms with Crippen molar-refractivity contribution in [2.75, 3.05) is 6.54 Å². The lowest BCUT2D eigenvalue weighted by Gasteiger charge is -2.52. The normalized spacial score (nSPS) is 31.7. The van der Waals surface area contributed by atoms with Gasteiger partial charge in [-0.1, -0.05) is 18.5 Å². The van der Waals surface area contributed by atoms with Crippen molar-refractivity contribution in [3.05, 3.63) is 34.3 Å². The van der Waals surface area contributed by atoms with Crippen LogP contribution >= 0.6 is 11.6 Å². The maximum Gasteiger partial charge on any atom is 0.417 e. The summed E-state index contributed by atoms with van der Waals surface area (Å²) in [6, 6.07) is 3.13. The molecule has 3 fully saturated rings. The molecule has 3 aliphatic rings. The van der Waals surface area contributed by atoms with Crippen LogP contribution < -0.4 is 5.32 Å². The first kappa shape index (κ1) is 21.5. The van der Waals surface area contributed by atoms with Gasteiger partial charge in [-0.15, -0.1) is 0 Å². The maximum absolute atomic E-state index is 13.1.